The summed E-state index contributed by atoms with van der Waals surface area (Å²) < 4.78 is 18.9. The zero-order chi connectivity index (χ0) is 28.1. The first-order valence-corrected chi connectivity index (χ1v) is 14.5. The molecular weight excluding hydrogens is 528 g/mol. The van der Waals surface area contributed by atoms with E-state index in [-0.39, 0.29) is 0 Å². The molecule has 0 radical (unpaired) electrons. The van der Waals surface area contributed by atoms with E-state index in [4.69, 9.17) is 13.3 Å². The molecule has 0 unspecified atom stereocenters. The lowest BCUT2D eigenvalue weighted by atomic mass is 9.85. The van der Waals surface area contributed by atoms with Gasteiger partial charge in [-0.15, -0.1) is 0 Å². The zero-order valence-corrected chi connectivity index (χ0v) is 22.9. The average Bonchev–Trinajstić information content (AvgIpc) is 3.78. The van der Waals surface area contributed by atoms with Crippen LogP contribution in [0.4, 0.5) is 0 Å². The molecule has 3 heterocycles. The first-order chi connectivity index (χ1) is 21.3. The van der Waals surface area contributed by atoms with E-state index in [1.54, 1.807) is 6.26 Å². The maximum atomic E-state index is 6.43. The van der Waals surface area contributed by atoms with Crippen molar-refractivity contribution in [1.82, 2.24) is 0 Å². The van der Waals surface area contributed by atoms with Gasteiger partial charge in [0.05, 0.1) is 6.26 Å². The molecule has 0 atom stereocenters. The van der Waals surface area contributed by atoms with Crippen LogP contribution >= 0.6 is 0 Å². The minimum absolute atomic E-state index is 0.861. The van der Waals surface area contributed by atoms with Crippen molar-refractivity contribution in [2.75, 3.05) is 0 Å². The molecular formula is C40H22O3. The Labute approximate surface area is 245 Å². The van der Waals surface area contributed by atoms with Crippen molar-refractivity contribution >= 4 is 76.4 Å². The number of para-hydroxylation sites is 2. The molecule has 0 aliphatic rings. The van der Waals surface area contributed by atoms with Crippen molar-refractivity contribution in [2.45, 2.75) is 0 Å². The first kappa shape index (κ1) is 22.8. The Bertz CT molecular complexity index is 2680. The summed E-state index contributed by atoms with van der Waals surface area (Å²) in [4.78, 5) is 0. The van der Waals surface area contributed by atoms with Crippen LogP contribution in [0, 0.1) is 0 Å². The third-order valence-corrected chi connectivity index (χ3v) is 8.94. The third-order valence-electron chi connectivity index (χ3n) is 8.94. The standard InChI is InChI=1S/C40H22O3/c1-3-12-27-25(10-1)37(23-17-18-35-31(21-23)24-9-5-7-15-33(24)42-35)26-11-2-4-13-28(26)38(27)32-22-36-39(30-19-20-41-40(30)32)29-14-6-8-16-34(29)43-36/h1-22H. The van der Waals surface area contributed by atoms with Gasteiger partial charge in [0.2, 0.25) is 0 Å². The molecule has 10 rings (SSSR count). The maximum Gasteiger partial charge on any atom is 0.142 e. The number of benzene rings is 7. The maximum absolute atomic E-state index is 6.43. The molecule has 0 aliphatic carbocycles. The van der Waals surface area contributed by atoms with E-state index in [0.717, 1.165) is 71.5 Å². The summed E-state index contributed by atoms with van der Waals surface area (Å²) in [6, 6.07) is 44.7. The molecule has 3 aromatic heterocycles. The number of fused-ring (bicyclic) bond motifs is 10. The Balaban J connectivity index is 1.34. The Morgan fingerprint density at radius 1 is 0.372 bits per heavy atom. The van der Waals surface area contributed by atoms with Crippen molar-refractivity contribution in [3.63, 3.8) is 0 Å². The van der Waals surface area contributed by atoms with Crippen LogP contribution in [-0.2, 0) is 0 Å². The van der Waals surface area contributed by atoms with Gasteiger partial charge in [-0.2, -0.15) is 0 Å². The number of furan rings is 3. The van der Waals surface area contributed by atoms with Gasteiger partial charge in [0.25, 0.3) is 0 Å². The van der Waals surface area contributed by atoms with E-state index >= 15 is 0 Å². The summed E-state index contributed by atoms with van der Waals surface area (Å²) in [5.41, 5.74) is 8.96. The summed E-state index contributed by atoms with van der Waals surface area (Å²) in [6.07, 6.45) is 1.79. The van der Waals surface area contributed by atoms with Gasteiger partial charge < -0.3 is 13.3 Å². The fourth-order valence-corrected chi connectivity index (χ4v) is 7.15. The summed E-state index contributed by atoms with van der Waals surface area (Å²) in [5.74, 6) is 0. The Hall–Kier alpha value is -5.80. The molecule has 10 aromatic rings. The molecule has 43 heavy (non-hydrogen) atoms. The number of hydrogen-bond acceptors (Lipinski definition) is 3. The van der Waals surface area contributed by atoms with Crippen LogP contribution in [0.3, 0.4) is 0 Å². The van der Waals surface area contributed by atoms with Gasteiger partial charge in [0.1, 0.15) is 27.9 Å². The lowest BCUT2D eigenvalue weighted by molar-refractivity contribution is 0.616. The number of rotatable bonds is 2. The minimum atomic E-state index is 0.861. The van der Waals surface area contributed by atoms with Crippen molar-refractivity contribution in [3.05, 3.63) is 134 Å². The van der Waals surface area contributed by atoms with E-state index < -0.39 is 0 Å². The van der Waals surface area contributed by atoms with Gasteiger partial charge in [0.15, 0.2) is 0 Å². The van der Waals surface area contributed by atoms with E-state index in [1.165, 1.54) is 27.1 Å². The van der Waals surface area contributed by atoms with E-state index in [0.29, 0.717) is 0 Å². The average molecular weight is 551 g/mol. The van der Waals surface area contributed by atoms with Gasteiger partial charge >= 0.3 is 0 Å². The highest BCUT2D eigenvalue weighted by Gasteiger charge is 2.22. The van der Waals surface area contributed by atoms with Crippen LogP contribution in [0.1, 0.15) is 0 Å². The van der Waals surface area contributed by atoms with Crippen LogP contribution in [0.15, 0.2) is 147 Å². The molecule has 0 bridgehead atoms. The van der Waals surface area contributed by atoms with Gasteiger partial charge in [-0.1, -0.05) is 91.0 Å². The lowest BCUT2D eigenvalue weighted by Gasteiger charge is -2.18. The van der Waals surface area contributed by atoms with E-state index in [1.807, 2.05) is 24.3 Å². The van der Waals surface area contributed by atoms with Crippen molar-refractivity contribution < 1.29 is 13.3 Å². The predicted molar refractivity (Wildman–Crippen MR) is 177 cm³/mol. The second kappa shape index (κ2) is 8.37. The second-order valence-corrected chi connectivity index (χ2v) is 11.2. The van der Waals surface area contributed by atoms with Crippen molar-refractivity contribution in [2.24, 2.45) is 0 Å². The second-order valence-electron chi connectivity index (χ2n) is 11.2. The quantitative estimate of drug-likeness (QED) is 0.201. The third kappa shape index (κ3) is 3.08. The molecule has 0 saturated heterocycles. The molecule has 200 valence electrons. The topological polar surface area (TPSA) is 39.4 Å². The minimum Gasteiger partial charge on any atom is -0.464 e. The molecule has 7 aromatic carbocycles. The predicted octanol–water partition coefficient (Wildman–Crippen LogP) is 11.9. The highest BCUT2D eigenvalue weighted by atomic mass is 16.3. The van der Waals surface area contributed by atoms with Crippen LogP contribution in [0.5, 0.6) is 0 Å². The highest BCUT2D eigenvalue weighted by molar-refractivity contribution is 6.27. The monoisotopic (exact) mass is 550 g/mol. The lowest BCUT2D eigenvalue weighted by Crippen LogP contribution is -1.91. The van der Waals surface area contributed by atoms with Crippen LogP contribution in [-0.4, -0.2) is 0 Å². The van der Waals surface area contributed by atoms with Crippen molar-refractivity contribution in [1.29, 1.82) is 0 Å². The molecule has 0 spiro atoms. The molecule has 0 N–H and O–H groups in total. The molecule has 0 fully saturated rings. The van der Waals surface area contributed by atoms with Crippen LogP contribution in [0.25, 0.3) is 98.6 Å². The van der Waals surface area contributed by atoms with Crippen LogP contribution < -0.4 is 0 Å². The van der Waals surface area contributed by atoms with Gasteiger partial charge in [-0.05, 0) is 69.1 Å². The summed E-state index contributed by atoms with van der Waals surface area (Å²) >= 11 is 0. The Morgan fingerprint density at radius 3 is 1.65 bits per heavy atom. The Morgan fingerprint density at radius 2 is 0.930 bits per heavy atom. The van der Waals surface area contributed by atoms with Gasteiger partial charge in [0, 0.05) is 38.1 Å². The molecule has 3 heteroatoms. The first-order valence-electron chi connectivity index (χ1n) is 14.5. The molecule has 0 aliphatic heterocycles. The zero-order valence-electron chi connectivity index (χ0n) is 22.9. The fraction of sp³-hybridized carbons (Fsp3) is 0. The van der Waals surface area contributed by atoms with E-state index in [9.17, 15) is 0 Å². The van der Waals surface area contributed by atoms with E-state index in [2.05, 4.69) is 103 Å². The summed E-state index contributed by atoms with van der Waals surface area (Å²) in [7, 11) is 0. The van der Waals surface area contributed by atoms with Gasteiger partial charge in [-0.3, -0.25) is 0 Å². The molecule has 3 nitrogen and oxygen atoms in total. The summed E-state index contributed by atoms with van der Waals surface area (Å²) in [5, 5.41) is 10.2. The highest BCUT2D eigenvalue weighted by Crippen LogP contribution is 2.48. The number of hydrogen-bond donors (Lipinski definition) is 0. The molecule has 0 saturated carbocycles. The normalized spacial score (nSPS) is 12.2. The van der Waals surface area contributed by atoms with Crippen molar-refractivity contribution in [3.8, 4) is 22.3 Å². The fourth-order valence-electron chi connectivity index (χ4n) is 7.15. The smallest absolute Gasteiger partial charge is 0.142 e. The SMILES string of the molecule is c1ccc2c(c1)oc1ccc(-c3c4ccccc4c(-c4cc5oc6ccccc6c5c5ccoc45)c4ccccc34)cc12. The van der Waals surface area contributed by atoms with Crippen LogP contribution in [0.2, 0.25) is 0 Å². The largest absolute Gasteiger partial charge is 0.464 e. The summed E-state index contributed by atoms with van der Waals surface area (Å²) in [6.45, 7) is 0. The van der Waals surface area contributed by atoms with Gasteiger partial charge in [-0.25, -0.2) is 0 Å². The Kier molecular flexibility index (Phi) is 4.45. The molecule has 0 amide bonds.